The highest BCUT2D eigenvalue weighted by molar-refractivity contribution is 5.97. The summed E-state index contributed by atoms with van der Waals surface area (Å²) < 4.78 is 9.94. The van der Waals surface area contributed by atoms with Gasteiger partial charge in [0, 0.05) is 20.1 Å². The van der Waals surface area contributed by atoms with Crippen molar-refractivity contribution in [1.82, 2.24) is 10.1 Å². The molecule has 18 heavy (non-hydrogen) atoms. The Morgan fingerprint density at radius 3 is 2.83 bits per heavy atom. The van der Waals surface area contributed by atoms with Gasteiger partial charge in [-0.15, -0.1) is 0 Å². The lowest BCUT2D eigenvalue weighted by atomic mass is 10.2. The van der Waals surface area contributed by atoms with Gasteiger partial charge in [-0.05, 0) is 6.92 Å². The van der Waals surface area contributed by atoms with Gasteiger partial charge in [-0.1, -0.05) is 5.16 Å². The molecule has 0 saturated carbocycles. The molecule has 1 aromatic rings. The second-order valence-corrected chi connectivity index (χ2v) is 4.20. The molecule has 2 atom stereocenters. The van der Waals surface area contributed by atoms with Crippen molar-refractivity contribution in [2.45, 2.75) is 25.5 Å². The molecule has 7 nitrogen and oxygen atoms in total. The molecule has 1 saturated heterocycles. The lowest BCUT2D eigenvalue weighted by Crippen LogP contribution is -2.40. The molecule has 2 rings (SSSR count). The number of carboxylic acid groups (broad SMARTS) is 1. The molecule has 1 aliphatic rings. The summed E-state index contributed by atoms with van der Waals surface area (Å²) in [7, 11) is 1.50. The fraction of sp³-hybridized carbons (Fsp3) is 0.545. The van der Waals surface area contributed by atoms with Gasteiger partial charge in [0.2, 0.25) is 0 Å². The van der Waals surface area contributed by atoms with Crippen molar-refractivity contribution < 1.29 is 24.0 Å². The van der Waals surface area contributed by atoms with Crippen LogP contribution in [0.15, 0.2) is 10.7 Å². The number of methoxy groups -OCH3 is 1. The van der Waals surface area contributed by atoms with E-state index in [1.165, 1.54) is 18.2 Å². The van der Waals surface area contributed by atoms with Gasteiger partial charge in [-0.25, -0.2) is 4.79 Å². The Labute approximate surface area is 103 Å². The van der Waals surface area contributed by atoms with E-state index in [-0.39, 0.29) is 24.1 Å². The maximum atomic E-state index is 12.2. The first-order chi connectivity index (χ1) is 8.54. The molecule has 0 aliphatic carbocycles. The Balaban J connectivity index is 2.23. The van der Waals surface area contributed by atoms with Gasteiger partial charge in [0.25, 0.3) is 5.91 Å². The lowest BCUT2D eigenvalue weighted by molar-refractivity contribution is -0.141. The van der Waals surface area contributed by atoms with Crippen LogP contribution in [0.25, 0.3) is 0 Å². The van der Waals surface area contributed by atoms with Gasteiger partial charge >= 0.3 is 5.97 Å². The van der Waals surface area contributed by atoms with E-state index in [0.717, 1.165) is 0 Å². The summed E-state index contributed by atoms with van der Waals surface area (Å²) in [4.78, 5) is 24.6. The average Bonchev–Trinajstić information content (AvgIpc) is 2.93. The number of hydrogen-bond donors (Lipinski definition) is 1. The van der Waals surface area contributed by atoms with E-state index in [0.29, 0.717) is 12.2 Å². The Hall–Kier alpha value is -1.89. The maximum Gasteiger partial charge on any atom is 0.326 e. The van der Waals surface area contributed by atoms with Crippen molar-refractivity contribution in [3.63, 3.8) is 0 Å². The third-order valence-electron chi connectivity index (χ3n) is 3.12. The highest BCUT2D eigenvalue weighted by Gasteiger charge is 2.40. The fourth-order valence-electron chi connectivity index (χ4n) is 2.09. The number of nitrogens with zero attached hydrogens (tertiary/aromatic N) is 2. The largest absolute Gasteiger partial charge is 0.480 e. The number of hydrogen-bond acceptors (Lipinski definition) is 5. The molecule has 1 fully saturated rings. The SMILES string of the molecule is COC1CC(C(=O)O)N(C(=O)c2cnoc2C)C1. The molecule has 1 aliphatic heterocycles. The number of likely N-dealkylation sites (tertiary alicyclic amines) is 1. The van der Waals surface area contributed by atoms with Crippen LogP contribution in [-0.2, 0) is 9.53 Å². The maximum absolute atomic E-state index is 12.2. The minimum absolute atomic E-state index is 0.254. The van der Waals surface area contributed by atoms with Gasteiger partial charge in [0.15, 0.2) is 0 Å². The van der Waals surface area contributed by atoms with Crippen molar-refractivity contribution >= 4 is 11.9 Å². The number of aryl methyl sites for hydroxylation is 1. The van der Waals surface area contributed by atoms with E-state index in [4.69, 9.17) is 14.4 Å². The first-order valence-electron chi connectivity index (χ1n) is 5.52. The van der Waals surface area contributed by atoms with Gasteiger partial charge < -0.3 is 19.3 Å². The number of aliphatic carboxylic acids is 1. The van der Waals surface area contributed by atoms with E-state index in [1.54, 1.807) is 6.92 Å². The van der Waals surface area contributed by atoms with Crippen LogP contribution < -0.4 is 0 Å². The number of carbonyl (C=O) groups is 2. The second-order valence-electron chi connectivity index (χ2n) is 4.20. The highest BCUT2D eigenvalue weighted by atomic mass is 16.5. The Kier molecular flexibility index (Phi) is 3.33. The molecule has 0 spiro atoms. The van der Waals surface area contributed by atoms with E-state index in [2.05, 4.69) is 5.16 Å². The van der Waals surface area contributed by atoms with Crippen LogP contribution in [0, 0.1) is 6.92 Å². The topological polar surface area (TPSA) is 92.9 Å². The molecule has 2 heterocycles. The van der Waals surface area contributed by atoms with E-state index in [1.807, 2.05) is 0 Å². The van der Waals surface area contributed by atoms with Crippen LogP contribution in [0.4, 0.5) is 0 Å². The minimum Gasteiger partial charge on any atom is -0.480 e. The fourth-order valence-corrected chi connectivity index (χ4v) is 2.09. The summed E-state index contributed by atoms with van der Waals surface area (Å²) in [6, 6.07) is -0.864. The summed E-state index contributed by atoms with van der Waals surface area (Å²) in [6.07, 6.45) is 1.34. The average molecular weight is 254 g/mol. The highest BCUT2D eigenvalue weighted by Crippen LogP contribution is 2.23. The summed E-state index contributed by atoms with van der Waals surface area (Å²) in [5.41, 5.74) is 0.290. The molecule has 0 aromatic carbocycles. The third-order valence-corrected chi connectivity index (χ3v) is 3.12. The van der Waals surface area contributed by atoms with Gasteiger partial charge in [0.05, 0.1) is 12.3 Å². The van der Waals surface area contributed by atoms with Crippen LogP contribution in [0.5, 0.6) is 0 Å². The number of ether oxygens (including phenoxy) is 1. The van der Waals surface area contributed by atoms with Crippen LogP contribution in [-0.4, -0.2) is 52.8 Å². The third kappa shape index (κ3) is 2.08. The quantitative estimate of drug-likeness (QED) is 0.833. The molecule has 0 radical (unpaired) electrons. The number of carboxylic acids is 1. The summed E-state index contributed by atoms with van der Waals surface area (Å²) in [5, 5.41) is 12.6. The second kappa shape index (κ2) is 4.77. The van der Waals surface area contributed by atoms with Crippen molar-refractivity contribution in [3.05, 3.63) is 17.5 Å². The standard InChI is InChI=1S/C11H14N2O5/c1-6-8(4-12-18-6)10(14)13-5-7(17-2)3-9(13)11(15)16/h4,7,9H,3,5H2,1-2H3,(H,15,16). The molecule has 0 bridgehead atoms. The Morgan fingerprint density at radius 2 is 2.33 bits per heavy atom. The predicted octanol–water partition coefficient (Wildman–Crippen LogP) is 0.297. The zero-order valence-corrected chi connectivity index (χ0v) is 10.1. The molecular formula is C11H14N2O5. The Bertz CT molecular complexity index is 470. The van der Waals surface area contributed by atoms with Crippen molar-refractivity contribution in [1.29, 1.82) is 0 Å². The zero-order chi connectivity index (χ0) is 13.3. The van der Waals surface area contributed by atoms with Gasteiger partial charge in [-0.2, -0.15) is 0 Å². The molecule has 1 N–H and O–H groups in total. The Morgan fingerprint density at radius 1 is 1.61 bits per heavy atom. The van der Waals surface area contributed by atoms with Gasteiger partial charge in [-0.3, -0.25) is 4.79 Å². The van der Waals surface area contributed by atoms with E-state index >= 15 is 0 Å². The summed E-state index contributed by atoms with van der Waals surface area (Å²) >= 11 is 0. The smallest absolute Gasteiger partial charge is 0.326 e. The van der Waals surface area contributed by atoms with Crippen molar-refractivity contribution in [2.24, 2.45) is 0 Å². The van der Waals surface area contributed by atoms with E-state index < -0.39 is 12.0 Å². The van der Waals surface area contributed by atoms with Crippen LogP contribution in [0.3, 0.4) is 0 Å². The van der Waals surface area contributed by atoms with Crippen LogP contribution >= 0.6 is 0 Å². The first-order valence-corrected chi connectivity index (χ1v) is 5.52. The normalized spacial score (nSPS) is 23.3. The molecule has 2 unspecified atom stereocenters. The zero-order valence-electron chi connectivity index (χ0n) is 10.1. The number of amides is 1. The summed E-state index contributed by atoms with van der Waals surface area (Å²) in [6.45, 7) is 1.87. The molecule has 7 heteroatoms. The van der Waals surface area contributed by atoms with Crippen LogP contribution in [0.1, 0.15) is 22.5 Å². The molecule has 98 valence electrons. The molecule has 1 amide bonds. The first kappa shape index (κ1) is 12.6. The minimum atomic E-state index is -1.03. The van der Waals surface area contributed by atoms with Crippen molar-refractivity contribution in [2.75, 3.05) is 13.7 Å². The van der Waals surface area contributed by atoms with Gasteiger partial charge in [0.1, 0.15) is 17.4 Å². The monoisotopic (exact) mass is 254 g/mol. The molecular weight excluding hydrogens is 240 g/mol. The number of carbonyl (C=O) groups excluding carboxylic acids is 1. The predicted molar refractivity (Wildman–Crippen MR) is 59.1 cm³/mol. The number of aromatic nitrogens is 1. The summed E-state index contributed by atoms with van der Waals surface area (Å²) in [5.74, 6) is -1.04. The van der Waals surface area contributed by atoms with Crippen LogP contribution in [0.2, 0.25) is 0 Å². The van der Waals surface area contributed by atoms with Crippen molar-refractivity contribution in [3.8, 4) is 0 Å². The molecule has 1 aromatic heterocycles. The lowest BCUT2D eigenvalue weighted by Gasteiger charge is -2.20. The van der Waals surface area contributed by atoms with E-state index in [9.17, 15) is 9.59 Å². The number of rotatable bonds is 3.